The van der Waals surface area contributed by atoms with E-state index in [1.165, 1.54) is 0 Å². The van der Waals surface area contributed by atoms with Crippen LogP contribution in [0.15, 0.2) is 0 Å². The molecule has 12 heavy (non-hydrogen) atoms. The van der Waals surface area contributed by atoms with Gasteiger partial charge in [-0.25, -0.2) is 0 Å². The Morgan fingerprint density at radius 1 is 1.58 bits per heavy atom. The van der Waals surface area contributed by atoms with Gasteiger partial charge in [0.15, 0.2) is 6.10 Å². The highest BCUT2D eigenvalue weighted by Gasteiger charge is 2.05. The minimum absolute atomic E-state index is 0.186. The Morgan fingerprint density at radius 3 is 2.75 bits per heavy atom. The normalized spacial score (nSPS) is 11.8. The van der Waals surface area contributed by atoms with Gasteiger partial charge in [-0.15, -0.1) is 6.42 Å². The number of esters is 1. The van der Waals surface area contributed by atoms with E-state index in [0.29, 0.717) is 6.42 Å². The van der Waals surface area contributed by atoms with Crippen LogP contribution in [0.5, 0.6) is 0 Å². The molecule has 0 radical (unpaired) electrons. The van der Waals surface area contributed by atoms with Crippen LogP contribution in [0.4, 0.5) is 0 Å². The number of rotatable bonds is 5. The molecule has 0 aliphatic rings. The predicted octanol–water partition coefficient (Wildman–Crippen LogP) is 2.13. The van der Waals surface area contributed by atoms with E-state index in [0.717, 1.165) is 19.3 Å². The first kappa shape index (κ1) is 11.0. The molecule has 0 aliphatic heterocycles. The summed E-state index contributed by atoms with van der Waals surface area (Å²) in [4.78, 5) is 11.0. The molecule has 0 aromatic carbocycles. The van der Waals surface area contributed by atoms with Crippen molar-refractivity contribution in [1.29, 1.82) is 0 Å². The molecule has 0 heterocycles. The summed E-state index contributed by atoms with van der Waals surface area (Å²) in [6.07, 6.45) is 8.22. The molecule has 0 rings (SSSR count). The van der Waals surface area contributed by atoms with Crippen LogP contribution in [0.1, 0.15) is 39.5 Å². The van der Waals surface area contributed by atoms with Crippen LogP contribution < -0.4 is 0 Å². The number of terminal acetylenes is 1. The quantitative estimate of drug-likeness (QED) is 0.357. The summed E-state index contributed by atoms with van der Waals surface area (Å²) in [7, 11) is 0. The first-order valence-corrected chi connectivity index (χ1v) is 4.36. The number of carbonyl (C=O) groups excluding carboxylic acids is 1. The van der Waals surface area contributed by atoms with E-state index in [2.05, 4.69) is 12.8 Å². The smallest absolute Gasteiger partial charge is 0.307 e. The summed E-state index contributed by atoms with van der Waals surface area (Å²) >= 11 is 0. The third-order valence-electron chi connectivity index (χ3n) is 1.53. The molecule has 0 aromatic rings. The van der Waals surface area contributed by atoms with Gasteiger partial charge in [-0.05, 0) is 13.3 Å². The van der Waals surface area contributed by atoms with Crippen LogP contribution in [-0.4, -0.2) is 12.1 Å². The minimum atomic E-state index is -0.390. The second-order valence-electron chi connectivity index (χ2n) is 2.76. The molecule has 0 amide bonds. The third kappa shape index (κ3) is 5.79. The van der Waals surface area contributed by atoms with Crippen molar-refractivity contribution in [2.45, 2.75) is 45.6 Å². The molecule has 2 heteroatoms. The predicted molar refractivity (Wildman–Crippen MR) is 48.5 cm³/mol. The van der Waals surface area contributed by atoms with Crippen molar-refractivity contribution in [3.63, 3.8) is 0 Å². The molecule has 0 unspecified atom stereocenters. The summed E-state index contributed by atoms with van der Waals surface area (Å²) < 4.78 is 4.87. The fourth-order valence-corrected chi connectivity index (χ4v) is 0.809. The number of hydrogen-bond donors (Lipinski definition) is 0. The lowest BCUT2D eigenvalue weighted by molar-refractivity contribution is -0.145. The Hall–Kier alpha value is -0.970. The molecule has 2 nitrogen and oxygen atoms in total. The van der Waals surface area contributed by atoms with Gasteiger partial charge >= 0.3 is 5.97 Å². The lowest BCUT2D eigenvalue weighted by Crippen LogP contribution is -2.12. The van der Waals surface area contributed by atoms with E-state index in [1.807, 2.05) is 0 Å². The Bertz CT molecular complexity index is 167. The molecule has 0 fully saturated rings. The highest BCUT2D eigenvalue weighted by molar-refractivity contribution is 5.69. The lowest BCUT2D eigenvalue weighted by Gasteiger charge is -2.05. The van der Waals surface area contributed by atoms with Crippen molar-refractivity contribution >= 4 is 5.97 Å². The largest absolute Gasteiger partial charge is 0.449 e. The average Bonchev–Trinajstić information content (AvgIpc) is 2.05. The Labute approximate surface area is 74.3 Å². The number of hydrogen-bond acceptors (Lipinski definition) is 2. The second kappa shape index (κ2) is 6.72. The van der Waals surface area contributed by atoms with E-state index in [4.69, 9.17) is 11.2 Å². The molecule has 0 spiro atoms. The van der Waals surface area contributed by atoms with Crippen molar-refractivity contribution in [3.8, 4) is 12.3 Å². The number of ether oxygens (including phenoxy) is 1. The zero-order valence-corrected chi connectivity index (χ0v) is 7.80. The fraction of sp³-hybridized carbons (Fsp3) is 0.700. The van der Waals surface area contributed by atoms with Crippen LogP contribution >= 0.6 is 0 Å². The van der Waals surface area contributed by atoms with Crippen molar-refractivity contribution in [2.24, 2.45) is 0 Å². The van der Waals surface area contributed by atoms with E-state index < -0.39 is 0 Å². The van der Waals surface area contributed by atoms with Gasteiger partial charge in [0.2, 0.25) is 0 Å². The van der Waals surface area contributed by atoms with Gasteiger partial charge in [-0.2, -0.15) is 0 Å². The fourth-order valence-electron chi connectivity index (χ4n) is 0.809. The van der Waals surface area contributed by atoms with Crippen LogP contribution in [0.3, 0.4) is 0 Å². The lowest BCUT2D eigenvalue weighted by atomic mass is 10.2. The van der Waals surface area contributed by atoms with E-state index >= 15 is 0 Å². The standard InChI is InChI=1S/C10H16O2/c1-4-6-7-8-10(11)12-9(3)5-2/h2,9H,4,6-8H2,1,3H3/t9-/m0/s1. The maximum atomic E-state index is 11.0. The average molecular weight is 168 g/mol. The Morgan fingerprint density at radius 2 is 2.25 bits per heavy atom. The van der Waals surface area contributed by atoms with Gasteiger partial charge < -0.3 is 4.74 Å². The molecule has 68 valence electrons. The van der Waals surface area contributed by atoms with Crippen molar-refractivity contribution in [3.05, 3.63) is 0 Å². The number of unbranched alkanes of at least 4 members (excludes halogenated alkanes) is 2. The van der Waals surface area contributed by atoms with Gasteiger partial charge in [0.1, 0.15) is 0 Å². The highest BCUT2D eigenvalue weighted by Crippen LogP contribution is 2.01. The van der Waals surface area contributed by atoms with Gasteiger partial charge in [0.05, 0.1) is 0 Å². The molecule has 0 aromatic heterocycles. The SMILES string of the molecule is C#C[C@H](C)OC(=O)CCCCC. The minimum Gasteiger partial charge on any atom is -0.449 e. The topological polar surface area (TPSA) is 26.3 Å². The molecule has 0 bridgehead atoms. The van der Waals surface area contributed by atoms with Crippen LogP contribution in [0.2, 0.25) is 0 Å². The molecular weight excluding hydrogens is 152 g/mol. The molecule has 1 atom stereocenters. The zero-order chi connectivity index (χ0) is 9.40. The summed E-state index contributed by atoms with van der Waals surface area (Å²) in [6.45, 7) is 3.78. The van der Waals surface area contributed by atoms with E-state index in [9.17, 15) is 4.79 Å². The van der Waals surface area contributed by atoms with E-state index in [-0.39, 0.29) is 12.1 Å². The number of carbonyl (C=O) groups is 1. The molecule has 0 N–H and O–H groups in total. The van der Waals surface area contributed by atoms with Crippen LogP contribution in [-0.2, 0) is 9.53 Å². The van der Waals surface area contributed by atoms with Crippen molar-refractivity contribution < 1.29 is 9.53 Å². The van der Waals surface area contributed by atoms with Crippen LogP contribution in [0.25, 0.3) is 0 Å². The first-order valence-electron chi connectivity index (χ1n) is 4.36. The maximum absolute atomic E-state index is 11.0. The van der Waals surface area contributed by atoms with Crippen molar-refractivity contribution in [2.75, 3.05) is 0 Å². The Balaban J connectivity index is 3.41. The van der Waals surface area contributed by atoms with Gasteiger partial charge in [0, 0.05) is 6.42 Å². The van der Waals surface area contributed by atoms with Crippen molar-refractivity contribution in [1.82, 2.24) is 0 Å². The first-order chi connectivity index (χ1) is 5.70. The maximum Gasteiger partial charge on any atom is 0.307 e. The monoisotopic (exact) mass is 168 g/mol. The Kier molecular flexibility index (Phi) is 6.18. The molecule has 0 aliphatic carbocycles. The zero-order valence-electron chi connectivity index (χ0n) is 7.80. The molecule has 0 saturated heterocycles. The molecular formula is C10H16O2. The van der Waals surface area contributed by atoms with Gasteiger partial charge in [-0.1, -0.05) is 25.7 Å². The van der Waals surface area contributed by atoms with E-state index in [1.54, 1.807) is 6.92 Å². The summed E-state index contributed by atoms with van der Waals surface area (Å²) in [5, 5.41) is 0. The molecule has 0 saturated carbocycles. The van der Waals surface area contributed by atoms with Crippen LogP contribution in [0, 0.1) is 12.3 Å². The third-order valence-corrected chi connectivity index (χ3v) is 1.53. The van der Waals surface area contributed by atoms with Gasteiger partial charge in [0.25, 0.3) is 0 Å². The van der Waals surface area contributed by atoms with Gasteiger partial charge in [-0.3, -0.25) is 4.79 Å². The summed E-state index contributed by atoms with van der Waals surface area (Å²) in [6, 6.07) is 0. The summed E-state index contributed by atoms with van der Waals surface area (Å²) in [5.74, 6) is 2.16. The second-order valence-corrected chi connectivity index (χ2v) is 2.76. The summed E-state index contributed by atoms with van der Waals surface area (Å²) in [5.41, 5.74) is 0. The highest BCUT2D eigenvalue weighted by atomic mass is 16.5.